The molecule has 11 heteroatoms. The second-order valence-electron chi connectivity index (χ2n) is 10.0. The van der Waals surface area contributed by atoms with Gasteiger partial charge in [-0.3, -0.25) is 4.72 Å². The fourth-order valence-electron chi connectivity index (χ4n) is 4.61. The number of hydrogen-bond donors (Lipinski definition) is 1. The Kier molecular flexibility index (Phi) is 9.10. The molecular weight excluding hydrogens is 600 g/mol. The lowest BCUT2D eigenvalue weighted by Gasteiger charge is -2.12. The number of aromatic nitrogens is 2. The summed E-state index contributed by atoms with van der Waals surface area (Å²) < 4.78 is 65.8. The van der Waals surface area contributed by atoms with Gasteiger partial charge in [0.05, 0.1) is 30.3 Å². The van der Waals surface area contributed by atoms with Crippen LogP contribution >= 0.6 is 0 Å². The van der Waals surface area contributed by atoms with E-state index in [1.807, 2.05) is 60.0 Å². The van der Waals surface area contributed by atoms with Crippen LogP contribution in [-0.4, -0.2) is 37.3 Å². The van der Waals surface area contributed by atoms with E-state index in [9.17, 15) is 22.0 Å². The fraction of sp³-hybridized carbons (Fsp3) is 0.118. The first-order chi connectivity index (χ1) is 21.5. The summed E-state index contributed by atoms with van der Waals surface area (Å²) in [5.74, 6) is -0.506. The highest BCUT2D eigenvalue weighted by molar-refractivity contribution is 7.92. The molecule has 5 rings (SSSR count). The highest BCUT2D eigenvalue weighted by Crippen LogP contribution is 2.30. The van der Waals surface area contributed by atoms with Crippen molar-refractivity contribution in [3.8, 4) is 33.9 Å². The number of sulfonamides is 1. The largest absolute Gasteiger partial charge is 0.465 e. The van der Waals surface area contributed by atoms with Gasteiger partial charge in [-0.05, 0) is 72.2 Å². The average Bonchev–Trinajstić information content (AvgIpc) is 3.43. The Balaban J connectivity index is 1.28. The zero-order valence-electron chi connectivity index (χ0n) is 24.6. The zero-order chi connectivity index (χ0) is 32.1. The number of ether oxygens (including phenoxy) is 2. The van der Waals surface area contributed by atoms with Crippen molar-refractivity contribution in [1.29, 1.82) is 0 Å². The van der Waals surface area contributed by atoms with Crippen molar-refractivity contribution in [2.24, 2.45) is 0 Å². The van der Waals surface area contributed by atoms with Crippen LogP contribution in [0.2, 0.25) is 0 Å². The number of hydrogen-bond acceptors (Lipinski definition) is 6. The molecule has 0 aliphatic heterocycles. The molecule has 1 N–H and O–H groups in total. The van der Waals surface area contributed by atoms with E-state index in [1.54, 1.807) is 24.4 Å². The molecule has 0 radical (unpaired) electrons. The Hall–Kier alpha value is -5.29. The van der Waals surface area contributed by atoms with E-state index in [0.29, 0.717) is 29.6 Å². The van der Waals surface area contributed by atoms with Crippen molar-refractivity contribution < 1.29 is 31.5 Å². The predicted octanol–water partition coefficient (Wildman–Crippen LogP) is 7.64. The highest BCUT2D eigenvalue weighted by atomic mass is 32.2. The second kappa shape index (κ2) is 13.1. The first-order valence-electron chi connectivity index (χ1n) is 13.8. The van der Waals surface area contributed by atoms with E-state index < -0.39 is 27.6 Å². The molecule has 45 heavy (non-hydrogen) atoms. The molecule has 0 fully saturated rings. The number of nitrogens with one attached hydrogen (secondary N) is 1. The molecule has 0 aliphatic rings. The number of esters is 1. The Morgan fingerprint density at radius 1 is 0.911 bits per heavy atom. The molecular formula is C34H29F2N3O5S. The summed E-state index contributed by atoms with van der Waals surface area (Å²) in [6, 6.07) is 23.1. The van der Waals surface area contributed by atoms with Gasteiger partial charge in [0.1, 0.15) is 29.0 Å². The highest BCUT2D eigenvalue weighted by Gasteiger charge is 2.17. The van der Waals surface area contributed by atoms with Crippen LogP contribution in [-0.2, 0) is 21.3 Å². The molecule has 4 aromatic carbocycles. The normalized spacial score (nSPS) is 11.5. The molecule has 0 saturated carbocycles. The minimum Gasteiger partial charge on any atom is -0.465 e. The summed E-state index contributed by atoms with van der Waals surface area (Å²) in [5, 5.41) is 0. The first kappa shape index (κ1) is 31.1. The van der Waals surface area contributed by atoms with Crippen LogP contribution in [0.4, 0.5) is 14.5 Å². The Labute approximate surface area is 259 Å². The summed E-state index contributed by atoms with van der Waals surface area (Å²) >= 11 is 0. The van der Waals surface area contributed by atoms with Gasteiger partial charge in [-0.1, -0.05) is 42.5 Å². The quantitative estimate of drug-likeness (QED) is 0.160. The van der Waals surface area contributed by atoms with Gasteiger partial charge in [0.2, 0.25) is 10.0 Å². The van der Waals surface area contributed by atoms with E-state index in [0.717, 1.165) is 29.0 Å². The van der Waals surface area contributed by atoms with Crippen LogP contribution in [0.25, 0.3) is 34.5 Å². The molecule has 0 aliphatic carbocycles. The number of carbonyl (C=O) groups excluding carboxylic acids is 1. The smallest absolute Gasteiger partial charge is 0.340 e. The summed E-state index contributed by atoms with van der Waals surface area (Å²) in [7, 11) is -2.40. The molecule has 0 spiro atoms. The SMILES string of the molecule is CCn1cc(-c2ccc(F)cc2F)nc1/C=C/c1ccc(-c2ccc(Oc3ccc(NS(C)(=O)=O)c(C(=O)OC)c3)cc2)cc1. The number of aryl methyl sites for hydroxylation is 1. The third-order valence-electron chi connectivity index (χ3n) is 6.81. The molecule has 5 aromatic rings. The molecule has 0 saturated heterocycles. The topological polar surface area (TPSA) is 99.5 Å². The van der Waals surface area contributed by atoms with E-state index >= 15 is 0 Å². The van der Waals surface area contributed by atoms with Crippen LogP contribution in [0.1, 0.15) is 28.7 Å². The molecule has 0 atom stereocenters. The van der Waals surface area contributed by atoms with Crippen LogP contribution in [0.3, 0.4) is 0 Å². The standard InChI is InChI=1S/C34H29F2N3O5S/c1-4-39-21-32(28-16-12-25(35)19-30(28)36)37-33(39)18-7-22-5-8-23(9-6-22)24-10-13-26(14-11-24)44-27-15-17-31(38-45(3,41)42)29(20-27)34(40)43-2/h5-21,38H,4H2,1-3H3/b18-7+. The van der Waals surface area contributed by atoms with Gasteiger partial charge in [0, 0.05) is 24.4 Å². The van der Waals surface area contributed by atoms with Gasteiger partial charge in [-0.25, -0.2) is 27.0 Å². The van der Waals surface area contributed by atoms with Crippen LogP contribution < -0.4 is 9.46 Å². The van der Waals surface area contributed by atoms with Gasteiger partial charge in [-0.2, -0.15) is 0 Å². The number of benzene rings is 4. The van der Waals surface area contributed by atoms with Crippen LogP contribution in [0.15, 0.2) is 91.1 Å². The van der Waals surface area contributed by atoms with Gasteiger partial charge < -0.3 is 14.0 Å². The number of rotatable bonds is 10. The van der Waals surface area contributed by atoms with Gasteiger partial charge >= 0.3 is 5.97 Å². The van der Waals surface area contributed by atoms with E-state index in [4.69, 9.17) is 9.47 Å². The number of halogens is 2. The lowest BCUT2D eigenvalue weighted by Crippen LogP contribution is -2.14. The maximum absolute atomic E-state index is 14.3. The van der Waals surface area contributed by atoms with Crippen molar-refractivity contribution in [3.05, 3.63) is 120 Å². The van der Waals surface area contributed by atoms with Gasteiger partial charge in [-0.15, -0.1) is 0 Å². The molecule has 0 unspecified atom stereocenters. The van der Waals surface area contributed by atoms with Crippen molar-refractivity contribution in [1.82, 2.24) is 9.55 Å². The molecule has 0 amide bonds. The van der Waals surface area contributed by atoms with Crippen molar-refractivity contribution in [3.63, 3.8) is 0 Å². The number of carbonyl (C=O) groups is 1. The predicted molar refractivity (Wildman–Crippen MR) is 170 cm³/mol. The zero-order valence-corrected chi connectivity index (χ0v) is 25.4. The molecule has 0 bridgehead atoms. The van der Waals surface area contributed by atoms with Crippen molar-refractivity contribution in [2.45, 2.75) is 13.5 Å². The lowest BCUT2D eigenvalue weighted by molar-refractivity contribution is 0.0601. The van der Waals surface area contributed by atoms with Crippen LogP contribution in [0, 0.1) is 11.6 Å². The Bertz CT molecular complexity index is 1990. The third kappa shape index (κ3) is 7.63. The third-order valence-corrected chi connectivity index (χ3v) is 7.40. The maximum atomic E-state index is 14.3. The van der Waals surface area contributed by atoms with E-state index in [2.05, 4.69) is 9.71 Å². The van der Waals surface area contributed by atoms with Crippen molar-refractivity contribution >= 4 is 33.8 Å². The first-order valence-corrected chi connectivity index (χ1v) is 15.7. The molecule has 1 aromatic heterocycles. The number of anilines is 1. The number of methoxy groups -OCH3 is 1. The minimum atomic E-state index is -3.60. The maximum Gasteiger partial charge on any atom is 0.340 e. The summed E-state index contributed by atoms with van der Waals surface area (Å²) in [6.45, 7) is 2.59. The summed E-state index contributed by atoms with van der Waals surface area (Å²) in [6.07, 6.45) is 6.50. The van der Waals surface area contributed by atoms with Crippen molar-refractivity contribution in [2.75, 3.05) is 18.1 Å². The lowest BCUT2D eigenvalue weighted by atomic mass is 10.0. The minimum absolute atomic E-state index is 0.0204. The number of imidazole rings is 1. The summed E-state index contributed by atoms with van der Waals surface area (Å²) in [5.41, 5.74) is 3.65. The van der Waals surface area contributed by atoms with Gasteiger partial charge in [0.15, 0.2) is 0 Å². The van der Waals surface area contributed by atoms with Gasteiger partial charge in [0.25, 0.3) is 0 Å². The molecule has 8 nitrogen and oxygen atoms in total. The Morgan fingerprint density at radius 2 is 1.58 bits per heavy atom. The average molecular weight is 630 g/mol. The summed E-state index contributed by atoms with van der Waals surface area (Å²) in [4.78, 5) is 16.8. The Morgan fingerprint density at radius 3 is 2.20 bits per heavy atom. The van der Waals surface area contributed by atoms with E-state index in [1.165, 1.54) is 31.4 Å². The monoisotopic (exact) mass is 629 g/mol. The fourth-order valence-corrected chi connectivity index (χ4v) is 5.18. The molecule has 1 heterocycles. The molecule has 230 valence electrons. The number of nitrogens with zero attached hydrogens (tertiary/aromatic N) is 2. The van der Waals surface area contributed by atoms with E-state index in [-0.39, 0.29) is 16.8 Å². The second-order valence-corrected chi connectivity index (χ2v) is 11.8. The van der Waals surface area contributed by atoms with Crippen LogP contribution in [0.5, 0.6) is 11.5 Å².